The fourth-order valence-corrected chi connectivity index (χ4v) is 5.08. The smallest absolute Gasteiger partial charge is 0.236 e. The molecule has 1 aromatic heterocycles. The molecule has 0 aliphatic heterocycles. The van der Waals surface area contributed by atoms with E-state index in [-0.39, 0.29) is 11.7 Å². The molecule has 0 aliphatic carbocycles. The lowest BCUT2D eigenvalue weighted by Crippen LogP contribution is -2.19. The standard InChI is InChI=1S/C27H26N4O3S3/c1-17-7-10-19(11-8-17)28-26(35)29-20-5-4-6-21(14-20)36-16-25(32)31-27-30-22(15-37-27)18-9-12-23(33-2)24(13-18)34-3/h4-15H,16H2,1-3H3,(H2,28,29,35)(H,30,31,32). The van der Waals surface area contributed by atoms with Crippen LogP contribution in [0.1, 0.15) is 5.56 Å². The van der Waals surface area contributed by atoms with E-state index >= 15 is 0 Å². The van der Waals surface area contributed by atoms with Crippen LogP contribution in [0.4, 0.5) is 16.5 Å². The van der Waals surface area contributed by atoms with Gasteiger partial charge in [0.1, 0.15) is 0 Å². The van der Waals surface area contributed by atoms with Crippen molar-refractivity contribution in [1.29, 1.82) is 0 Å². The van der Waals surface area contributed by atoms with Crippen LogP contribution in [0.3, 0.4) is 0 Å². The number of thioether (sulfide) groups is 1. The summed E-state index contributed by atoms with van der Waals surface area (Å²) >= 11 is 8.24. The van der Waals surface area contributed by atoms with E-state index in [0.29, 0.717) is 21.7 Å². The van der Waals surface area contributed by atoms with Gasteiger partial charge in [-0.05, 0) is 67.7 Å². The van der Waals surface area contributed by atoms with Gasteiger partial charge in [0.05, 0.1) is 25.7 Å². The molecule has 7 nitrogen and oxygen atoms in total. The van der Waals surface area contributed by atoms with Gasteiger partial charge in [-0.25, -0.2) is 4.98 Å². The SMILES string of the molecule is COc1ccc(-c2csc(NC(=O)CSc3cccc(NC(=S)Nc4ccc(C)cc4)c3)n2)cc1OC. The number of benzene rings is 3. The van der Waals surface area contributed by atoms with Crippen molar-refractivity contribution >= 4 is 62.8 Å². The van der Waals surface area contributed by atoms with E-state index in [1.807, 2.05) is 79.0 Å². The molecule has 0 radical (unpaired) electrons. The van der Waals surface area contributed by atoms with E-state index in [9.17, 15) is 4.79 Å². The number of methoxy groups -OCH3 is 2. The van der Waals surface area contributed by atoms with Crippen LogP contribution in [-0.2, 0) is 4.79 Å². The number of nitrogens with zero attached hydrogens (tertiary/aromatic N) is 1. The molecule has 0 saturated carbocycles. The molecular formula is C27H26N4O3S3. The fraction of sp³-hybridized carbons (Fsp3) is 0.148. The number of aryl methyl sites for hydroxylation is 1. The van der Waals surface area contributed by atoms with E-state index in [2.05, 4.69) is 20.9 Å². The Morgan fingerprint density at radius 1 is 0.946 bits per heavy atom. The maximum Gasteiger partial charge on any atom is 0.236 e. The summed E-state index contributed by atoms with van der Waals surface area (Å²) in [4.78, 5) is 18.0. The van der Waals surface area contributed by atoms with Crippen LogP contribution in [0.25, 0.3) is 11.3 Å². The maximum atomic E-state index is 12.6. The Balaban J connectivity index is 1.29. The van der Waals surface area contributed by atoms with Crippen LogP contribution in [0.2, 0.25) is 0 Å². The van der Waals surface area contributed by atoms with Crippen LogP contribution >= 0.6 is 35.3 Å². The molecule has 0 aliphatic rings. The minimum atomic E-state index is -0.131. The number of ether oxygens (including phenoxy) is 2. The Morgan fingerprint density at radius 2 is 1.70 bits per heavy atom. The van der Waals surface area contributed by atoms with E-state index < -0.39 is 0 Å². The molecule has 3 aromatic carbocycles. The van der Waals surface area contributed by atoms with Gasteiger partial charge >= 0.3 is 0 Å². The zero-order valence-electron chi connectivity index (χ0n) is 20.5. The minimum Gasteiger partial charge on any atom is -0.493 e. The third-order valence-corrected chi connectivity index (χ3v) is 7.16. The Hall–Kier alpha value is -3.60. The molecule has 0 spiro atoms. The highest BCUT2D eigenvalue weighted by atomic mass is 32.2. The predicted octanol–water partition coefficient (Wildman–Crippen LogP) is 6.68. The first-order chi connectivity index (χ1) is 17.9. The average molecular weight is 551 g/mol. The van der Waals surface area contributed by atoms with Crippen LogP contribution in [0.5, 0.6) is 11.5 Å². The third-order valence-electron chi connectivity index (χ3n) is 5.20. The second kappa shape index (κ2) is 12.6. The third kappa shape index (κ3) is 7.45. The lowest BCUT2D eigenvalue weighted by molar-refractivity contribution is -0.113. The molecule has 1 heterocycles. The van der Waals surface area contributed by atoms with Crippen molar-refractivity contribution in [3.05, 3.63) is 77.7 Å². The van der Waals surface area contributed by atoms with Crippen molar-refractivity contribution in [3.8, 4) is 22.8 Å². The first-order valence-corrected chi connectivity index (χ1v) is 13.6. The number of aromatic nitrogens is 1. The number of carbonyl (C=O) groups excluding carboxylic acids is 1. The second-order valence-electron chi connectivity index (χ2n) is 7.92. The highest BCUT2D eigenvalue weighted by Crippen LogP contribution is 2.33. The molecule has 4 aromatic rings. The number of carbonyl (C=O) groups is 1. The Morgan fingerprint density at radius 3 is 2.46 bits per heavy atom. The molecule has 37 heavy (non-hydrogen) atoms. The average Bonchev–Trinajstić information content (AvgIpc) is 3.37. The first kappa shape index (κ1) is 26.5. The van der Waals surface area contributed by atoms with Crippen molar-refractivity contribution in [3.63, 3.8) is 0 Å². The summed E-state index contributed by atoms with van der Waals surface area (Å²) in [5.41, 5.74) is 4.58. The van der Waals surface area contributed by atoms with Crippen molar-refractivity contribution in [2.45, 2.75) is 11.8 Å². The summed E-state index contributed by atoms with van der Waals surface area (Å²) in [5, 5.41) is 12.2. The summed E-state index contributed by atoms with van der Waals surface area (Å²) in [6.45, 7) is 2.04. The first-order valence-electron chi connectivity index (χ1n) is 11.3. The number of amides is 1. The van der Waals surface area contributed by atoms with Gasteiger partial charge in [-0.15, -0.1) is 23.1 Å². The summed E-state index contributed by atoms with van der Waals surface area (Å²) in [6, 6.07) is 21.4. The van der Waals surface area contributed by atoms with Gasteiger partial charge in [-0.1, -0.05) is 23.8 Å². The number of nitrogens with one attached hydrogen (secondary N) is 3. The number of hydrogen-bond donors (Lipinski definition) is 3. The molecule has 0 fully saturated rings. The van der Waals surface area contributed by atoms with E-state index in [4.69, 9.17) is 21.7 Å². The summed E-state index contributed by atoms with van der Waals surface area (Å²) in [7, 11) is 3.19. The number of thiazole rings is 1. The molecule has 3 N–H and O–H groups in total. The summed E-state index contributed by atoms with van der Waals surface area (Å²) in [6.07, 6.45) is 0. The predicted molar refractivity (Wildman–Crippen MR) is 157 cm³/mol. The molecule has 10 heteroatoms. The molecule has 0 unspecified atom stereocenters. The maximum absolute atomic E-state index is 12.6. The highest BCUT2D eigenvalue weighted by molar-refractivity contribution is 8.00. The zero-order valence-corrected chi connectivity index (χ0v) is 23.0. The molecule has 1 amide bonds. The number of thiocarbonyl (C=S) groups is 1. The number of hydrogen-bond acceptors (Lipinski definition) is 7. The van der Waals surface area contributed by atoms with Gasteiger partial charge in [-0.3, -0.25) is 4.79 Å². The van der Waals surface area contributed by atoms with Gasteiger partial charge in [0.2, 0.25) is 5.91 Å². The van der Waals surface area contributed by atoms with Gasteiger partial charge in [0.15, 0.2) is 21.7 Å². The largest absolute Gasteiger partial charge is 0.493 e. The lowest BCUT2D eigenvalue weighted by Gasteiger charge is -2.11. The fourth-order valence-electron chi connectivity index (χ4n) is 3.36. The van der Waals surface area contributed by atoms with Gasteiger partial charge < -0.3 is 25.4 Å². The lowest BCUT2D eigenvalue weighted by atomic mass is 10.1. The van der Waals surface area contributed by atoms with Crippen LogP contribution in [0, 0.1) is 6.92 Å². The second-order valence-corrected chi connectivity index (χ2v) is 10.2. The van der Waals surface area contributed by atoms with Gasteiger partial charge in [-0.2, -0.15) is 0 Å². The summed E-state index contributed by atoms with van der Waals surface area (Å²) in [5.74, 6) is 1.39. The van der Waals surface area contributed by atoms with E-state index in [0.717, 1.165) is 27.5 Å². The summed E-state index contributed by atoms with van der Waals surface area (Å²) < 4.78 is 10.7. The van der Waals surface area contributed by atoms with Crippen molar-refractivity contribution in [2.75, 3.05) is 35.9 Å². The molecule has 0 bridgehead atoms. The number of rotatable bonds is 9. The highest BCUT2D eigenvalue weighted by Gasteiger charge is 2.12. The Labute approximate surface area is 229 Å². The molecule has 0 saturated heterocycles. The minimum absolute atomic E-state index is 0.131. The molecule has 4 rings (SSSR count). The van der Waals surface area contributed by atoms with Gasteiger partial charge in [0, 0.05) is 27.2 Å². The Bertz CT molecular complexity index is 1390. The topological polar surface area (TPSA) is 84.5 Å². The normalized spacial score (nSPS) is 10.5. The monoisotopic (exact) mass is 550 g/mol. The van der Waals surface area contributed by atoms with Gasteiger partial charge in [0.25, 0.3) is 0 Å². The zero-order chi connectivity index (χ0) is 26.2. The van der Waals surface area contributed by atoms with E-state index in [1.165, 1.54) is 28.7 Å². The van der Waals surface area contributed by atoms with Crippen LogP contribution in [-0.4, -0.2) is 36.0 Å². The molecule has 190 valence electrons. The van der Waals surface area contributed by atoms with E-state index in [1.54, 1.807) is 14.2 Å². The van der Waals surface area contributed by atoms with Crippen molar-refractivity contribution in [2.24, 2.45) is 0 Å². The van der Waals surface area contributed by atoms with Crippen LogP contribution in [0.15, 0.2) is 77.0 Å². The number of anilines is 3. The molecular weight excluding hydrogens is 525 g/mol. The Kier molecular flexibility index (Phi) is 8.99. The van der Waals surface area contributed by atoms with Crippen molar-refractivity contribution < 1.29 is 14.3 Å². The quantitative estimate of drug-likeness (QED) is 0.157. The van der Waals surface area contributed by atoms with Crippen LogP contribution < -0.4 is 25.4 Å². The molecule has 0 atom stereocenters. The van der Waals surface area contributed by atoms with Crippen molar-refractivity contribution in [1.82, 2.24) is 4.98 Å².